The molecule has 2 saturated carbocycles. The number of aliphatic hydroxyl groups excluding tert-OH is 1. The van der Waals surface area contributed by atoms with Gasteiger partial charge in [0.15, 0.2) is 0 Å². The first-order chi connectivity index (χ1) is 10.00. The van der Waals surface area contributed by atoms with Crippen LogP contribution in [0.3, 0.4) is 0 Å². The Morgan fingerprint density at radius 3 is 2.57 bits per heavy atom. The lowest BCUT2D eigenvalue weighted by atomic mass is 9.84. The van der Waals surface area contributed by atoms with Crippen molar-refractivity contribution in [3.63, 3.8) is 0 Å². The van der Waals surface area contributed by atoms with Crippen molar-refractivity contribution in [3.05, 3.63) is 29.3 Å². The number of hydrogen-bond acceptors (Lipinski definition) is 2. The summed E-state index contributed by atoms with van der Waals surface area (Å²) in [7, 11) is 0. The van der Waals surface area contributed by atoms with Gasteiger partial charge in [0, 0.05) is 5.69 Å². The predicted molar refractivity (Wildman–Crippen MR) is 82.0 cm³/mol. The Balaban J connectivity index is 1.63. The lowest BCUT2D eigenvalue weighted by Crippen LogP contribution is -2.27. The molecule has 0 aromatic heterocycles. The van der Waals surface area contributed by atoms with Crippen LogP contribution in [0.5, 0.6) is 0 Å². The van der Waals surface area contributed by atoms with Crippen molar-refractivity contribution in [2.24, 2.45) is 17.8 Å². The number of anilines is 1. The Morgan fingerprint density at radius 2 is 1.90 bits per heavy atom. The molecule has 3 heteroatoms. The van der Waals surface area contributed by atoms with Crippen molar-refractivity contribution in [3.8, 4) is 0 Å². The van der Waals surface area contributed by atoms with Crippen molar-refractivity contribution in [1.29, 1.82) is 0 Å². The predicted octanol–water partition coefficient (Wildman–Crippen LogP) is 3.39. The van der Waals surface area contributed by atoms with Gasteiger partial charge in [-0.3, -0.25) is 4.79 Å². The summed E-state index contributed by atoms with van der Waals surface area (Å²) >= 11 is 0. The summed E-state index contributed by atoms with van der Waals surface area (Å²) in [5.41, 5.74) is 2.40. The van der Waals surface area contributed by atoms with Crippen LogP contribution >= 0.6 is 0 Å². The third-order valence-corrected chi connectivity index (χ3v) is 5.96. The Kier molecular flexibility index (Phi) is 2.74. The molecule has 0 saturated heterocycles. The summed E-state index contributed by atoms with van der Waals surface area (Å²) in [6.07, 6.45) is 4.83. The van der Waals surface area contributed by atoms with Gasteiger partial charge in [-0.15, -0.1) is 0 Å². The Bertz CT molecular complexity index is 595. The molecule has 1 amide bonds. The second kappa shape index (κ2) is 4.33. The van der Waals surface area contributed by atoms with Gasteiger partial charge < -0.3 is 10.4 Å². The number of carbonyl (C=O) groups excluding carboxylic acids is 1. The molecule has 1 heterocycles. The minimum atomic E-state index is -0.499. The molecule has 0 radical (unpaired) electrons. The largest absolute Gasteiger partial charge is 0.388 e. The monoisotopic (exact) mass is 285 g/mol. The van der Waals surface area contributed by atoms with Crippen molar-refractivity contribution in [2.75, 3.05) is 5.32 Å². The number of benzene rings is 1. The maximum absolute atomic E-state index is 12.0. The summed E-state index contributed by atoms with van der Waals surface area (Å²) in [6.45, 7) is 3.89. The van der Waals surface area contributed by atoms with Gasteiger partial charge >= 0.3 is 0 Å². The molecule has 4 rings (SSSR count). The van der Waals surface area contributed by atoms with Gasteiger partial charge in [-0.05, 0) is 61.6 Å². The van der Waals surface area contributed by atoms with E-state index in [1.54, 1.807) is 0 Å². The van der Waals surface area contributed by atoms with Crippen LogP contribution in [0.25, 0.3) is 0 Å². The fourth-order valence-electron chi connectivity index (χ4n) is 4.51. The van der Waals surface area contributed by atoms with Crippen LogP contribution in [-0.2, 0) is 10.2 Å². The summed E-state index contributed by atoms with van der Waals surface area (Å²) in [4.78, 5) is 12.0. The van der Waals surface area contributed by atoms with Crippen LogP contribution in [0.15, 0.2) is 18.2 Å². The normalized spacial score (nSPS) is 33.9. The summed E-state index contributed by atoms with van der Waals surface area (Å²) < 4.78 is 0. The van der Waals surface area contributed by atoms with Gasteiger partial charge in [-0.25, -0.2) is 0 Å². The molecule has 1 aliphatic heterocycles. The van der Waals surface area contributed by atoms with E-state index >= 15 is 0 Å². The topological polar surface area (TPSA) is 49.3 Å². The number of nitrogens with one attached hydrogen (secondary N) is 1. The first-order valence-corrected chi connectivity index (χ1v) is 8.14. The smallest absolute Gasteiger partial charge is 0.234 e. The molecule has 3 atom stereocenters. The quantitative estimate of drug-likeness (QED) is 0.875. The Morgan fingerprint density at radius 1 is 1.24 bits per heavy atom. The molecule has 21 heavy (non-hydrogen) atoms. The highest BCUT2D eigenvalue weighted by Gasteiger charge is 2.54. The van der Waals surface area contributed by atoms with Crippen LogP contribution in [-0.4, -0.2) is 11.0 Å². The van der Waals surface area contributed by atoms with E-state index < -0.39 is 5.41 Å². The minimum absolute atomic E-state index is 0.0456. The van der Waals surface area contributed by atoms with Crippen LogP contribution in [0.2, 0.25) is 0 Å². The molecule has 3 aliphatic rings. The minimum Gasteiger partial charge on any atom is -0.388 e. The highest BCUT2D eigenvalue weighted by Crippen LogP contribution is 2.60. The van der Waals surface area contributed by atoms with Gasteiger partial charge in [0.1, 0.15) is 0 Å². The Labute approximate surface area is 125 Å². The van der Waals surface area contributed by atoms with Gasteiger partial charge in [0.25, 0.3) is 0 Å². The first-order valence-electron chi connectivity index (χ1n) is 8.14. The second-order valence-electron chi connectivity index (χ2n) is 7.52. The van der Waals surface area contributed by atoms with Crippen LogP contribution in [0.1, 0.15) is 56.8 Å². The maximum atomic E-state index is 12.0. The zero-order valence-corrected chi connectivity index (χ0v) is 12.7. The number of hydrogen-bond donors (Lipinski definition) is 2. The molecular formula is C18H23NO2. The van der Waals surface area contributed by atoms with Crippen LogP contribution in [0.4, 0.5) is 5.69 Å². The van der Waals surface area contributed by atoms with Gasteiger partial charge in [-0.1, -0.05) is 25.0 Å². The highest BCUT2D eigenvalue weighted by molar-refractivity contribution is 6.05. The van der Waals surface area contributed by atoms with E-state index in [0.29, 0.717) is 5.92 Å². The van der Waals surface area contributed by atoms with E-state index in [0.717, 1.165) is 28.7 Å². The lowest BCUT2D eigenvalue weighted by Gasteiger charge is -2.18. The van der Waals surface area contributed by atoms with E-state index in [1.807, 2.05) is 32.0 Å². The average molecular weight is 285 g/mol. The zero-order chi connectivity index (χ0) is 14.8. The van der Waals surface area contributed by atoms with Gasteiger partial charge in [0.2, 0.25) is 5.91 Å². The number of rotatable bonds is 2. The second-order valence-corrected chi connectivity index (χ2v) is 7.52. The van der Waals surface area contributed by atoms with Crippen LogP contribution in [0, 0.1) is 17.8 Å². The van der Waals surface area contributed by atoms with Crippen molar-refractivity contribution >= 4 is 11.6 Å². The standard InChI is InChI=1S/C18H23NO2/c1-18(2)13-9-10(7-8-14(13)19-17(18)21)16(20)15-11-5-3-4-6-12(11)15/h7-9,11-12,15-16,20H,3-6H2,1-2H3,(H,19,21). The van der Waals surface area contributed by atoms with Crippen molar-refractivity contribution in [1.82, 2.24) is 0 Å². The molecule has 1 aromatic rings. The number of amides is 1. The van der Waals surface area contributed by atoms with E-state index in [2.05, 4.69) is 5.32 Å². The maximum Gasteiger partial charge on any atom is 0.234 e. The number of aliphatic hydroxyl groups is 1. The summed E-state index contributed by atoms with van der Waals surface area (Å²) in [6, 6.07) is 5.98. The molecule has 2 fully saturated rings. The SMILES string of the molecule is CC1(C)C(=O)Nc2ccc(C(O)C3C4CCCCC43)cc21. The third kappa shape index (κ3) is 1.87. The Hall–Kier alpha value is -1.35. The van der Waals surface area contributed by atoms with E-state index in [9.17, 15) is 9.90 Å². The summed E-state index contributed by atoms with van der Waals surface area (Å²) in [5.74, 6) is 1.95. The third-order valence-electron chi connectivity index (χ3n) is 5.96. The molecular weight excluding hydrogens is 262 g/mol. The molecule has 1 aromatic carbocycles. The highest BCUT2D eigenvalue weighted by atomic mass is 16.3. The van der Waals surface area contributed by atoms with E-state index in [1.165, 1.54) is 25.7 Å². The first kappa shape index (κ1) is 13.3. The van der Waals surface area contributed by atoms with E-state index in [-0.39, 0.29) is 12.0 Å². The number of fused-ring (bicyclic) bond motifs is 2. The molecule has 3 unspecified atom stereocenters. The summed E-state index contributed by atoms with van der Waals surface area (Å²) in [5, 5.41) is 13.7. The van der Waals surface area contributed by atoms with Crippen molar-refractivity contribution in [2.45, 2.75) is 51.0 Å². The van der Waals surface area contributed by atoms with Crippen molar-refractivity contribution < 1.29 is 9.90 Å². The fraction of sp³-hybridized carbons (Fsp3) is 0.611. The zero-order valence-electron chi connectivity index (χ0n) is 12.7. The van der Waals surface area contributed by atoms with Gasteiger partial charge in [-0.2, -0.15) is 0 Å². The molecule has 2 aliphatic carbocycles. The number of carbonyl (C=O) groups is 1. The van der Waals surface area contributed by atoms with Crippen LogP contribution < -0.4 is 5.32 Å². The lowest BCUT2D eigenvalue weighted by molar-refractivity contribution is -0.119. The molecule has 0 bridgehead atoms. The molecule has 0 spiro atoms. The molecule has 112 valence electrons. The van der Waals surface area contributed by atoms with Gasteiger partial charge in [0.05, 0.1) is 11.5 Å². The fourth-order valence-corrected chi connectivity index (χ4v) is 4.51. The molecule has 2 N–H and O–H groups in total. The average Bonchev–Trinajstić information content (AvgIpc) is 3.15. The molecule has 3 nitrogen and oxygen atoms in total. The van der Waals surface area contributed by atoms with E-state index in [4.69, 9.17) is 0 Å².